The zero-order chi connectivity index (χ0) is 10.4. The molecule has 0 fully saturated rings. The van der Waals surface area contributed by atoms with E-state index in [0.717, 1.165) is 0 Å². The maximum absolute atomic E-state index is 5.85. The average molecular weight is 510 g/mol. The summed E-state index contributed by atoms with van der Waals surface area (Å²) in [5, 5.41) is 0. The summed E-state index contributed by atoms with van der Waals surface area (Å²) in [6, 6.07) is 0. The summed E-state index contributed by atoms with van der Waals surface area (Å²) in [7, 11) is 0. The molecule has 10 heteroatoms. The Hall–Kier alpha value is 2.33. The minimum atomic E-state index is -1.88. The molecule has 0 rings (SSSR count). The first-order valence-electron chi connectivity index (χ1n) is 4.16. The predicted molar refractivity (Wildman–Crippen MR) is 51.1 cm³/mol. The average Bonchev–Trinajstić information content (AvgIpc) is 2.16. The molecule has 3 atom stereocenters. The first-order valence-corrected chi connectivity index (χ1v) is 7.63. The molecule has 0 spiro atoms. The molecule has 0 aromatic heterocycles. The van der Waals surface area contributed by atoms with E-state index < -0.39 is 17.3 Å². The number of hydrogen-bond donors (Lipinski definition) is 6. The Bertz CT molecular complexity index is 126. The summed E-state index contributed by atoms with van der Waals surface area (Å²) >= 11 is -1.88. The van der Waals surface area contributed by atoms with Crippen molar-refractivity contribution >= 4 is 0 Å². The predicted octanol–water partition coefficient (Wildman–Crippen LogP) is -3.67. The molecule has 0 saturated heterocycles. The van der Waals surface area contributed by atoms with Gasteiger partial charge in [0.1, 0.15) is 0 Å². The Labute approximate surface area is 142 Å². The van der Waals surface area contributed by atoms with Gasteiger partial charge in [-0.1, -0.05) is 0 Å². The fourth-order valence-corrected chi connectivity index (χ4v) is 5.96. The van der Waals surface area contributed by atoms with Crippen molar-refractivity contribution in [3.8, 4) is 0 Å². The van der Waals surface area contributed by atoms with Crippen molar-refractivity contribution in [2.75, 3.05) is 19.6 Å². The first-order chi connectivity index (χ1) is 6.08. The molecule has 0 aliphatic heterocycles. The zero-order valence-electron chi connectivity index (χ0n) is 9.04. The maximum atomic E-state index is 5.85. The van der Waals surface area contributed by atoms with E-state index in [4.69, 9.17) is 34.4 Å². The van der Waals surface area contributed by atoms with Crippen LogP contribution in [0.5, 0.6) is 0 Å². The quantitative estimate of drug-likeness (QED) is 0.203. The van der Waals surface area contributed by atoms with Crippen molar-refractivity contribution < 1.29 is 76.2 Å². The van der Waals surface area contributed by atoms with Gasteiger partial charge in [-0.05, 0) is 0 Å². The van der Waals surface area contributed by atoms with Gasteiger partial charge in [0.25, 0.3) is 0 Å². The fraction of sp³-hybridized carbons (Fsp3) is 1.00. The van der Waals surface area contributed by atoms with E-state index in [2.05, 4.69) is 0 Å². The third kappa shape index (κ3) is 9.29. The van der Waals surface area contributed by atoms with Crippen LogP contribution in [0.1, 0.15) is 0 Å². The van der Waals surface area contributed by atoms with Crippen LogP contribution in [-0.4, -0.2) is 32.9 Å². The van der Waals surface area contributed by atoms with Crippen LogP contribution in [0, 0.1) is 0 Å². The molecule has 2 radical (unpaired) electrons. The summed E-state index contributed by atoms with van der Waals surface area (Å²) < 4.78 is -0.206. The smallest absolute Gasteiger partial charge is 0 e. The van der Waals surface area contributed by atoms with E-state index in [9.17, 15) is 0 Å². The van der Waals surface area contributed by atoms with Crippen molar-refractivity contribution in [3.63, 3.8) is 0 Å². The monoisotopic (exact) mass is 509 g/mol. The second kappa shape index (κ2) is 15.4. The van der Waals surface area contributed by atoms with E-state index in [-0.39, 0.29) is 72.2 Å². The fourth-order valence-electron chi connectivity index (χ4n) is 1.01. The summed E-state index contributed by atoms with van der Waals surface area (Å²) in [4.78, 5) is 0. The Kier molecular flexibility index (Phi) is 25.8. The summed E-state index contributed by atoms with van der Waals surface area (Å²) in [6.07, 6.45) is 0. The molecule has 0 heterocycles. The molecule has 0 aliphatic rings. The van der Waals surface area contributed by atoms with Gasteiger partial charge in [0.2, 0.25) is 0 Å². The zero-order valence-corrected chi connectivity index (χ0v) is 16.4. The molecule has 0 aromatic carbocycles. The van der Waals surface area contributed by atoms with E-state index >= 15 is 0 Å². The third-order valence-electron chi connectivity index (χ3n) is 1.75. The standard InChI is InChI=1S/3C2H7N2.Ag.Cu.Mo.Zn/c3*3-1-2-4;;;;/h3*1H,2-4H2;;;;. The molecule has 16 heavy (non-hydrogen) atoms. The largest absolute Gasteiger partial charge is 0 e. The minimum Gasteiger partial charge on any atom is 0 e. The van der Waals surface area contributed by atoms with Crippen LogP contribution in [0.25, 0.3) is 0 Å². The minimum absolute atomic E-state index is 0. The van der Waals surface area contributed by atoms with Crippen molar-refractivity contribution in [1.82, 2.24) is 0 Å². The molecule has 0 aliphatic carbocycles. The Morgan fingerprint density at radius 2 is 0.938 bits per heavy atom. The van der Waals surface area contributed by atoms with Crippen LogP contribution < -0.4 is 34.4 Å². The molecule has 105 valence electrons. The van der Waals surface area contributed by atoms with Crippen LogP contribution >= 0.6 is 0 Å². The summed E-state index contributed by atoms with van der Waals surface area (Å²) in [5.74, 6) is 0. The van der Waals surface area contributed by atoms with Crippen molar-refractivity contribution in [2.24, 2.45) is 34.4 Å². The Morgan fingerprint density at radius 1 is 0.750 bits per heavy atom. The van der Waals surface area contributed by atoms with Crippen molar-refractivity contribution in [2.45, 2.75) is 13.3 Å². The van der Waals surface area contributed by atoms with E-state index in [1.54, 1.807) is 0 Å². The number of hydrogen-bond acceptors (Lipinski definition) is 6. The molecule has 0 bridgehead atoms. The molecule has 6 nitrogen and oxygen atoms in total. The molecule has 3 unspecified atom stereocenters. The van der Waals surface area contributed by atoms with Crippen LogP contribution in [-0.2, 0) is 76.2 Å². The van der Waals surface area contributed by atoms with Crippen molar-refractivity contribution in [3.05, 3.63) is 0 Å². The molecule has 0 saturated carbocycles. The van der Waals surface area contributed by atoms with Gasteiger partial charge in [-0.25, -0.2) is 0 Å². The SMILES string of the molecule is NC[CH](N)[Mo]([CH](N)CN)[CH](N)CN.[Ag].[Cu].[Zn]. The van der Waals surface area contributed by atoms with Crippen LogP contribution in [0.2, 0.25) is 0 Å². The summed E-state index contributed by atoms with van der Waals surface area (Å²) in [5.41, 5.74) is 34.0. The van der Waals surface area contributed by atoms with Gasteiger partial charge >= 0.3 is 84.6 Å². The summed E-state index contributed by atoms with van der Waals surface area (Å²) in [6.45, 7) is 1.24. The van der Waals surface area contributed by atoms with Gasteiger partial charge in [-0.15, -0.1) is 0 Å². The molecule has 0 amide bonds. The van der Waals surface area contributed by atoms with Gasteiger partial charge in [0, 0.05) is 58.9 Å². The Balaban J connectivity index is -0.000000240. The van der Waals surface area contributed by atoms with Crippen LogP contribution in [0.3, 0.4) is 0 Å². The van der Waals surface area contributed by atoms with Crippen LogP contribution in [0.15, 0.2) is 0 Å². The molecular weight excluding hydrogens is 489 g/mol. The van der Waals surface area contributed by atoms with Gasteiger partial charge < -0.3 is 0 Å². The molecular formula is C6H21AgCuMoN6Zn. The second-order valence-electron chi connectivity index (χ2n) is 2.73. The van der Waals surface area contributed by atoms with Gasteiger partial charge in [-0.3, -0.25) is 0 Å². The topological polar surface area (TPSA) is 156 Å². The van der Waals surface area contributed by atoms with E-state index in [1.165, 1.54) is 0 Å². The van der Waals surface area contributed by atoms with Crippen molar-refractivity contribution in [1.29, 1.82) is 0 Å². The van der Waals surface area contributed by atoms with Gasteiger partial charge in [0.15, 0.2) is 0 Å². The normalized spacial score (nSPS) is 15.2. The van der Waals surface area contributed by atoms with Crippen LogP contribution in [0.4, 0.5) is 0 Å². The Morgan fingerprint density at radius 3 is 1.06 bits per heavy atom. The van der Waals surface area contributed by atoms with Gasteiger partial charge in [-0.2, -0.15) is 0 Å². The molecule has 0 aromatic rings. The van der Waals surface area contributed by atoms with E-state index in [1.807, 2.05) is 0 Å². The maximum Gasteiger partial charge on any atom is 0 e. The first kappa shape index (κ1) is 26.8. The number of rotatable bonds is 6. The molecule has 12 N–H and O–H groups in total. The third-order valence-corrected chi connectivity index (χ3v) is 8.32. The second-order valence-corrected chi connectivity index (χ2v) is 9.20. The van der Waals surface area contributed by atoms with Gasteiger partial charge in [0.05, 0.1) is 0 Å². The van der Waals surface area contributed by atoms with E-state index in [0.29, 0.717) is 19.6 Å². The number of nitrogens with two attached hydrogens (primary N) is 6.